The average Bonchev–Trinajstić information content (AvgIpc) is 2.78. The summed E-state index contributed by atoms with van der Waals surface area (Å²) >= 11 is 0. The molecule has 1 unspecified atom stereocenters. The van der Waals surface area contributed by atoms with Crippen molar-refractivity contribution in [3.8, 4) is 0 Å². The maximum Gasteiger partial charge on any atom is 0.332 e. The minimum Gasteiger partial charge on any atom is -0.464 e. The molecule has 9 heteroatoms. The van der Waals surface area contributed by atoms with Gasteiger partial charge in [-0.05, 0) is 55.5 Å². The van der Waals surface area contributed by atoms with Crippen molar-refractivity contribution in [1.82, 2.24) is 0 Å². The lowest BCUT2D eigenvalue weighted by Crippen LogP contribution is -2.32. The first-order chi connectivity index (χ1) is 17.0. The summed E-state index contributed by atoms with van der Waals surface area (Å²) in [6, 6.07) is 7.83. The van der Waals surface area contributed by atoms with E-state index in [1.165, 1.54) is 0 Å². The molecule has 36 heavy (non-hydrogen) atoms. The molecule has 0 heterocycles. The Morgan fingerprint density at radius 1 is 0.917 bits per heavy atom. The van der Waals surface area contributed by atoms with Crippen molar-refractivity contribution in [2.75, 3.05) is 41.8 Å². The number of ether oxygens (including phenoxy) is 2. The van der Waals surface area contributed by atoms with Crippen LogP contribution in [0.25, 0.3) is 0 Å². The van der Waals surface area contributed by atoms with E-state index in [2.05, 4.69) is 43.2 Å². The summed E-state index contributed by atoms with van der Waals surface area (Å²) in [5.41, 5.74) is 1.90. The van der Waals surface area contributed by atoms with Crippen LogP contribution in [0, 0.1) is 23.5 Å². The molecule has 0 aromatic heterocycles. The minimum atomic E-state index is -0.874. The third-order valence-corrected chi connectivity index (χ3v) is 5.19. The summed E-state index contributed by atoms with van der Waals surface area (Å²) in [5, 5.41) is 5.24. The van der Waals surface area contributed by atoms with Gasteiger partial charge in [0.05, 0.1) is 29.8 Å². The highest BCUT2D eigenvalue weighted by Crippen LogP contribution is 2.32. The van der Waals surface area contributed by atoms with Crippen LogP contribution in [0.4, 0.5) is 30.6 Å². The van der Waals surface area contributed by atoms with Crippen molar-refractivity contribution < 1.29 is 27.8 Å². The molecule has 7 nitrogen and oxygen atoms in total. The molecule has 0 spiro atoms. The SMILES string of the molecule is CCOC(=O)COC(C)c1ccc(N(CC(C)C)CC(C)C)c(NC(=O)Nc2ccc(F)cc2F)c1. The molecule has 198 valence electrons. The van der Waals surface area contributed by atoms with Gasteiger partial charge in [-0.3, -0.25) is 0 Å². The van der Waals surface area contributed by atoms with E-state index in [4.69, 9.17) is 9.47 Å². The van der Waals surface area contributed by atoms with Gasteiger partial charge in [-0.15, -0.1) is 0 Å². The van der Waals surface area contributed by atoms with E-state index in [1.54, 1.807) is 19.9 Å². The lowest BCUT2D eigenvalue weighted by molar-refractivity contribution is -0.150. The van der Waals surface area contributed by atoms with Crippen molar-refractivity contribution in [2.24, 2.45) is 11.8 Å². The number of hydrogen-bond donors (Lipinski definition) is 2. The molecule has 0 aliphatic heterocycles. The van der Waals surface area contributed by atoms with Gasteiger partial charge in [0.1, 0.15) is 18.2 Å². The van der Waals surface area contributed by atoms with Gasteiger partial charge in [-0.2, -0.15) is 0 Å². The van der Waals surface area contributed by atoms with E-state index in [9.17, 15) is 18.4 Å². The second-order valence-corrected chi connectivity index (χ2v) is 9.43. The number of anilines is 3. The maximum absolute atomic E-state index is 14.1. The van der Waals surface area contributed by atoms with Crippen LogP contribution in [0.5, 0.6) is 0 Å². The number of esters is 1. The Bertz CT molecular complexity index is 1020. The number of halogens is 2. The highest BCUT2D eigenvalue weighted by atomic mass is 19.1. The maximum atomic E-state index is 14.1. The molecule has 2 aromatic rings. The molecule has 2 aromatic carbocycles. The monoisotopic (exact) mass is 505 g/mol. The summed E-state index contributed by atoms with van der Waals surface area (Å²) < 4.78 is 37.9. The number of carbonyl (C=O) groups is 2. The normalized spacial score (nSPS) is 11.9. The zero-order chi connectivity index (χ0) is 26.8. The zero-order valence-corrected chi connectivity index (χ0v) is 21.9. The number of rotatable bonds is 12. The number of benzene rings is 2. The Kier molecular flexibility index (Phi) is 11.1. The van der Waals surface area contributed by atoms with Crippen LogP contribution < -0.4 is 15.5 Å². The summed E-state index contributed by atoms with van der Waals surface area (Å²) in [7, 11) is 0. The predicted octanol–water partition coefficient (Wildman–Crippen LogP) is 6.37. The molecule has 0 aliphatic rings. The molecule has 1 atom stereocenters. The van der Waals surface area contributed by atoms with Gasteiger partial charge in [0.25, 0.3) is 0 Å². The molecule has 0 saturated carbocycles. The molecule has 0 radical (unpaired) electrons. The number of carbonyl (C=O) groups excluding carboxylic acids is 2. The fraction of sp³-hybridized carbons (Fsp3) is 0.481. The Balaban J connectivity index is 2.35. The van der Waals surface area contributed by atoms with E-state index in [1.807, 2.05) is 12.1 Å². The quantitative estimate of drug-likeness (QED) is 0.328. The topological polar surface area (TPSA) is 79.9 Å². The van der Waals surface area contributed by atoms with Gasteiger partial charge in [-0.25, -0.2) is 18.4 Å². The first kappa shape index (κ1) is 29.0. The number of nitrogens with zero attached hydrogens (tertiary/aromatic N) is 1. The van der Waals surface area contributed by atoms with Gasteiger partial charge in [0.15, 0.2) is 0 Å². The third kappa shape index (κ3) is 9.11. The standard InChI is InChI=1S/C27H37F2N3O4/c1-7-35-26(33)16-36-19(6)20-8-11-25(32(14-17(2)3)15-18(4)5)24(12-20)31-27(34)30-23-10-9-21(28)13-22(23)29/h8-13,17-19H,7,14-16H2,1-6H3,(H2,30,31,34). The summed E-state index contributed by atoms with van der Waals surface area (Å²) in [6.45, 7) is 13.6. The molecular formula is C27H37F2N3O4. The molecule has 0 aliphatic carbocycles. The third-order valence-electron chi connectivity index (χ3n) is 5.19. The smallest absolute Gasteiger partial charge is 0.332 e. The Hall–Kier alpha value is -3.20. The van der Waals surface area contributed by atoms with Gasteiger partial charge in [-0.1, -0.05) is 33.8 Å². The lowest BCUT2D eigenvalue weighted by atomic mass is 10.1. The molecule has 0 fully saturated rings. The fourth-order valence-corrected chi connectivity index (χ4v) is 3.69. The van der Waals surface area contributed by atoms with Crippen LogP contribution in [-0.2, 0) is 14.3 Å². The van der Waals surface area contributed by atoms with E-state index in [0.717, 1.165) is 36.5 Å². The number of urea groups is 1. The lowest BCUT2D eigenvalue weighted by Gasteiger charge is -2.31. The largest absolute Gasteiger partial charge is 0.464 e. The van der Waals surface area contributed by atoms with E-state index >= 15 is 0 Å². The first-order valence-electron chi connectivity index (χ1n) is 12.2. The van der Waals surface area contributed by atoms with Crippen molar-refractivity contribution in [1.29, 1.82) is 0 Å². The average molecular weight is 506 g/mol. The van der Waals surface area contributed by atoms with Crippen molar-refractivity contribution in [2.45, 2.75) is 47.6 Å². The van der Waals surface area contributed by atoms with Crippen molar-refractivity contribution in [3.05, 3.63) is 53.6 Å². The second-order valence-electron chi connectivity index (χ2n) is 9.43. The number of nitrogens with one attached hydrogen (secondary N) is 2. The Morgan fingerprint density at radius 2 is 1.56 bits per heavy atom. The number of amides is 2. The van der Waals surface area contributed by atoms with Crippen molar-refractivity contribution in [3.63, 3.8) is 0 Å². The van der Waals surface area contributed by atoms with Crippen LogP contribution in [0.3, 0.4) is 0 Å². The van der Waals surface area contributed by atoms with Gasteiger partial charge >= 0.3 is 12.0 Å². The zero-order valence-electron chi connectivity index (χ0n) is 21.9. The van der Waals surface area contributed by atoms with Crippen LogP contribution in [0.2, 0.25) is 0 Å². The van der Waals surface area contributed by atoms with Crippen LogP contribution in [0.1, 0.15) is 53.2 Å². The van der Waals surface area contributed by atoms with E-state index < -0.39 is 29.7 Å². The fourth-order valence-electron chi connectivity index (χ4n) is 3.69. The Labute approximate surface area is 212 Å². The summed E-state index contributed by atoms with van der Waals surface area (Å²) in [5.74, 6) is -1.33. The highest BCUT2D eigenvalue weighted by Gasteiger charge is 2.19. The van der Waals surface area contributed by atoms with E-state index in [-0.39, 0.29) is 18.9 Å². The second kappa shape index (κ2) is 13.8. The van der Waals surface area contributed by atoms with Crippen LogP contribution in [-0.4, -0.2) is 38.3 Å². The Morgan fingerprint density at radius 3 is 2.14 bits per heavy atom. The molecule has 0 bridgehead atoms. The van der Waals surface area contributed by atoms with Gasteiger partial charge in [0, 0.05) is 19.2 Å². The van der Waals surface area contributed by atoms with Gasteiger partial charge < -0.3 is 25.0 Å². The van der Waals surface area contributed by atoms with E-state index in [0.29, 0.717) is 23.6 Å². The van der Waals surface area contributed by atoms with Crippen LogP contribution >= 0.6 is 0 Å². The molecule has 2 rings (SSSR count). The highest BCUT2D eigenvalue weighted by molar-refractivity contribution is 6.02. The van der Waals surface area contributed by atoms with Gasteiger partial charge in [0.2, 0.25) is 0 Å². The minimum absolute atomic E-state index is 0.140. The van der Waals surface area contributed by atoms with Crippen LogP contribution in [0.15, 0.2) is 36.4 Å². The molecular weight excluding hydrogens is 468 g/mol. The number of hydrogen-bond acceptors (Lipinski definition) is 5. The van der Waals surface area contributed by atoms with Crippen molar-refractivity contribution >= 4 is 29.1 Å². The predicted molar refractivity (Wildman–Crippen MR) is 138 cm³/mol. The summed E-state index contributed by atoms with van der Waals surface area (Å²) in [4.78, 5) is 26.7. The summed E-state index contributed by atoms with van der Waals surface area (Å²) in [6.07, 6.45) is -0.453. The molecule has 2 amide bonds. The first-order valence-corrected chi connectivity index (χ1v) is 12.2. The molecule has 0 saturated heterocycles. The molecule has 2 N–H and O–H groups in total.